The van der Waals surface area contributed by atoms with Crippen LogP contribution < -0.4 is 0 Å². The average Bonchev–Trinajstić information content (AvgIpc) is 2.99. The number of hydrogen-bond donors (Lipinski definition) is 1. The summed E-state index contributed by atoms with van der Waals surface area (Å²) in [6, 6.07) is 3.76. The lowest BCUT2D eigenvalue weighted by Crippen LogP contribution is -2.45. The zero-order chi connectivity index (χ0) is 15.2. The molecule has 0 spiro atoms. The molecule has 0 saturated heterocycles. The van der Waals surface area contributed by atoms with E-state index in [9.17, 15) is 0 Å². The van der Waals surface area contributed by atoms with E-state index in [0.717, 1.165) is 22.3 Å². The second-order valence-electron chi connectivity index (χ2n) is 6.13. The summed E-state index contributed by atoms with van der Waals surface area (Å²) in [6.07, 6.45) is 4.96. The standard InChI is InChI=1S/C15H19Cl2N3S/c1-19(2)15(5-3-4-6-15)9-20-13-8-11(17)10(16)7-12(13)18-14(20)21/h7-8H,3-6,9H2,1-2H3,(H,18,21). The molecule has 0 unspecified atom stereocenters. The summed E-state index contributed by atoms with van der Waals surface area (Å²) in [5.41, 5.74) is 2.16. The molecule has 0 atom stereocenters. The Balaban J connectivity index is 2.10. The molecule has 6 heteroatoms. The van der Waals surface area contributed by atoms with Crippen molar-refractivity contribution in [3.63, 3.8) is 0 Å². The van der Waals surface area contributed by atoms with Crippen LogP contribution >= 0.6 is 35.4 Å². The first-order valence-electron chi connectivity index (χ1n) is 7.18. The number of rotatable bonds is 3. The molecular formula is C15H19Cl2N3S. The maximum Gasteiger partial charge on any atom is 0.178 e. The first-order chi connectivity index (χ1) is 9.93. The van der Waals surface area contributed by atoms with Gasteiger partial charge in [-0.1, -0.05) is 36.0 Å². The van der Waals surface area contributed by atoms with E-state index in [-0.39, 0.29) is 5.54 Å². The normalized spacial score (nSPS) is 18.0. The minimum absolute atomic E-state index is 0.180. The minimum Gasteiger partial charge on any atom is -0.331 e. The Morgan fingerprint density at radius 2 is 1.86 bits per heavy atom. The first-order valence-corrected chi connectivity index (χ1v) is 8.34. The number of halogens is 2. The van der Waals surface area contributed by atoms with Gasteiger partial charge in [0.15, 0.2) is 4.77 Å². The van der Waals surface area contributed by atoms with Crippen molar-refractivity contribution < 1.29 is 0 Å². The van der Waals surface area contributed by atoms with Crippen LogP contribution in [0.3, 0.4) is 0 Å². The number of fused-ring (bicyclic) bond motifs is 1. The van der Waals surface area contributed by atoms with Gasteiger partial charge in [0.2, 0.25) is 0 Å². The second kappa shape index (κ2) is 5.58. The number of nitrogens with zero attached hydrogens (tertiary/aromatic N) is 2. The number of likely N-dealkylation sites (N-methyl/N-ethyl adjacent to an activating group) is 1. The van der Waals surface area contributed by atoms with Gasteiger partial charge in [-0.3, -0.25) is 0 Å². The highest BCUT2D eigenvalue weighted by Crippen LogP contribution is 2.37. The zero-order valence-corrected chi connectivity index (χ0v) is 14.6. The maximum absolute atomic E-state index is 6.18. The fraction of sp³-hybridized carbons (Fsp3) is 0.533. The molecule has 0 amide bonds. The number of imidazole rings is 1. The van der Waals surface area contributed by atoms with E-state index >= 15 is 0 Å². The van der Waals surface area contributed by atoms with Crippen LogP contribution in [0.2, 0.25) is 10.0 Å². The molecule has 1 aliphatic carbocycles. The zero-order valence-electron chi connectivity index (χ0n) is 12.2. The number of aromatic nitrogens is 2. The smallest absolute Gasteiger partial charge is 0.178 e. The van der Waals surface area contributed by atoms with Crippen molar-refractivity contribution in [1.82, 2.24) is 14.5 Å². The molecule has 1 heterocycles. The lowest BCUT2D eigenvalue weighted by atomic mass is 9.96. The summed E-state index contributed by atoms with van der Waals surface area (Å²) in [7, 11) is 4.32. The molecule has 1 aliphatic rings. The van der Waals surface area contributed by atoms with Gasteiger partial charge < -0.3 is 14.5 Å². The van der Waals surface area contributed by atoms with E-state index in [1.807, 2.05) is 12.1 Å². The molecule has 2 aromatic rings. The van der Waals surface area contributed by atoms with Crippen LogP contribution in [0.15, 0.2) is 12.1 Å². The van der Waals surface area contributed by atoms with Gasteiger partial charge in [-0.15, -0.1) is 0 Å². The van der Waals surface area contributed by atoms with Crippen LogP contribution in [0.5, 0.6) is 0 Å². The molecule has 1 aromatic carbocycles. The predicted octanol–water partition coefficient (Wildman–Crippen LogP) is 4.88. The van der Waals surface area contributed by atoms with E-state index in [1.165, 1.54) is 25.7 Å². The fourth-order valence-electron chi connectivity index (χ4n) is 3.38. The SMILES string of the molecule is CN(C)C1(Cn2c(=S)[nH]c3cc(Cl)c(Cl)cc32)CCCC1. The molecule has 3 nitrogen and oxygen atoms in total. The van der Waals surface area contributed by atoms with E-state index in [4.69, 9.17) is 35.4 Å². The molecule has 1 fully saturated rings. The summed E-state index contributed by atoms with van der Waals surface area (Å²) in [6.45, 7) is 0.886. The van der Waals surface area contributed by atoms with Crippen LogP contribution in [-0.2, 0) is 6.54 Å². The third-order valence-corrected chi connectivity index (χ3v) is 5.80. The van der Waals surface area contributed by atoms with Crippen molar-refractivity contribution in [2.24, 2.45) is 0 Å². The predicted molar refractivity (Wildman–Crippen MR) is 92.0 cm³/mol. The molecular weight excluding hydrogens is 325 g/mol. The summed E-state index contributed by atoms with van der Waals surface area (Å²) in [5, 5.41) is 1.12. The Kier molecular flexibility index (Phi) is 4.08. The number of H-pyrrole nitrogens is 1. The van der Waals surface area contributed by atoms with Crippen molar-refractivity contribution in [1.29, 1.82) is 0 Å². The van der Waals surface area contributed by atoms with Crippen molar-refractivity contribution >= 4 is 46.5 Å². The summed E-state index contributed by atoms with van der Waals surface area (Å²) >= 11 is 17.8. The van der Waals surface area contributed by atoms with Crippen LogP contribution in [-0.4, -0.2) is 34.1 Å². The van der Waals surface area contributed by atoms with Gasteiger partial charge in [-0.25, -0.2) is 0 Å². The number of aromatic amines is 1. The van der Waals surface area contributed by atoms with Crippen LogP contribution in [0, 0.1) is 4.77 Å². The molecule has 0 aliphatic heterocycles. The van der Waals surface area contributed by atoms with Gasteiger partial charge in [0.1, 0.15) is 0 Å². The quantitative estimate of drug-likeness (QED) is 0.803. The van der Waals surface area contributed by atoms with Gasteiger partial charge in [-0.2, -0.15) is 0 Å². The van der Waals surface area contributed by atoms with Gasteiger partial charge in [0.05, 0.1) is 21.1 Å². The Bertz CT molecular complexity index is 726. The topological polar surface area (TPSA) is 24.0 Å². The molecule has 1 saturated carbocycles. The van der Waals surface area contributed by atoms with Gasteiger partial charge >= 0.3 is 0 Å². The number of nitrogens with one attached hydrogen (secondary N) is 1. The molecule has 3 rings (SSSR count). The summed E-state index contributed by atoms with van der Waals surface area (Å²) in [4.78, 5) is 5.59. The lowest BCUT2D eigenvalue weighted by molar-refractivity contribution is 0.135. The second-order valence-corrected chi connectivity index (χ2v) is 7.33. The Labute approximate surface area is 139 Å². The molecule has 1 aromatic heterocycles. The Morgan fingerprint density at radius 3 is 2.48 bits per heavy atom. The van der Waals surface area contributed by atoms with Gasteiger partial charge in [0, 0.05) is 12.1 Å². The van der Waals surface area contributed by atoms with Crippen molar-refractivity contribution in [2.75, 3.05) is 14.1 Å². The highest BCUT2D eigenvalue weighted by molar-refractivity contribution is 7.71. The summed E-state index contributed by atoms with van der Waals surface area (Å²) < 4.78 is 2.90. The average molecular weight is 344 g/mol. The number of benzene rings is 1. The van der Waals surface area contributed by atoms with Crippen LogP contribution in [0.4, 0.5) is 0 Å². The van der Waals surface area contributed by atoms with Crippen molar-refractivity contribution in [3.05, 3.63) is 26.9 Å². The largest absolute Gasteiger partial charge is 0.331 e. The Morgan fingerprint density at radius 1 is 1.24 bits per heavy atom. The van der Waals surface area contributed by atoms with Gasteiger partial charge in [0.25, 0.3) is 0 Å². The Hall–Kier alpha value is -0.550. The fourth-order valence-corrected chi connectivity index (χ4v) is 3.98. The van der Waals surface area contributed by atoms with Crippen LogP contribution in [0.1, 0.15) is 25.7 Å². The molecule has 1 N–H and O–H groups in total. The van der Waals surface area contributed by atoms with E-state index in [1.54, 1.807) is 0 Å². The molecule has 0 radical (unpaired) electrons. The first kappa shape index (κ1) is 15.3. The van der Waals surface area contributed by atoms with Gasteiger partial charge in [-0.05, 0) is 51.3 Å². The molecule has 114 valence electrons. The van der Waals surface area contributed by atoms with Crippen molar-refractivity contribution in [3.8, 4) is 0 Å². The highest BCUT2D eigenvalue weighted by atomic mass is 35.5. The minimum atomic E-state index is 0.180. The van der Waals surface area contributed by atoms with Crippen molar-refractivity contribution in [2.45, 2.75) is 37.8 Å². The van der Waals surface area contributed by atoms with E-state index in [2.05, 4.69) is 28.5 Å². The summed E-state index contributed by atoms with van der Waals surface area (Å²) in [5.74, 6) is 0. The number of hydrogen-bond acceptors (Lipinski definition) is 2. The monoisotopic (exact) mass is 343 g/mol. The maximum atomic E-state index is 6.18. The molecule has 21 heavy (non-hydrogen) atoms. The third kappa shape index (κ3) is 2.63. The van der Waals surface area contributed by atoms with Crippen LogP contribution in [0.25, 0.3) is 11.0 Å². The molecule has 0 bridgehead atoms. The van der Waals surface area contributed by atoms with E-state index < -0.39 is 0 Å². The van der Waals surface area contributed by atoms with E-state index in [0.29, 0.717) is 10.0 Å². The highest BCUT2D eigenvalue weighted by Gasteiger charge is 2.36. The lowest BCUT2D eigenvalue weighted by Gasteiger charge is -2.36. The third-order valence-electron chi connectivity index (χ3n) is 4.75.